The number of thioether (sulfide) groups is 1. The van der Waals surface area contributed by atoms with E-state index in [1.54, 1.807) is 7.11 Å². The van der Waals surface area contributed by atoms with Crippen molar-refractivity contribution in [3.05, 3.63) is 24.3 Å². The van der Waals surface area contributed by atoms with Crippen LogP contribution < -0.4 is 10.1 Å². The van der Waals surface area contributed by atoms with E-state index in [9.17, 15) is 4.79 Å². The highest BCUT2D eigenvalue weighted by Crippen LogP contribution is 2.27. The van der Waals surface area contributed by atoms with Crippen LogP contribution in [0.25, 0.3) is 11.4 Å². The quantitative estimate of drug-likeness (QED) is 0.743. The number of ether oxygens (including phenoxy) is 1. The summed E-state index contributed by atoms with van der Waals surface area (Å²) in [6.45, 7) is 7.40. The Kier molecular flexibility index (Phi) is 6.66. The maximum absolute atomic E-state index is 12.0. The Morgan fingerprint density at radius 2 is 2.00 bits per heavy atom. The number of benzene rings is 1. The summed E-state index contributed by atoms with van der Waals surface area (Å²) in [7, 11) is 1.64. The first-order valence-electron chi connectivity index (χ1n) is 8.12. The molecule has 1 aromatic carbocycles. The monoisotopic (exact) mass is 348 g/mol. The van der Waals surface area contributed by atoms with E-state index in [1.807, 2.05) is 49.6 Å². The minimum absolute atomic E-state index is 0.0264. The molecule has 130 valence electrons. The minimum atomic E-state index is -0.213. The number of hydrogen-bond donors (Lipinski definition) is 1. The molecule has 2 rings (SSSR count). The van der Waals surface area contributed by atoms with Crippen molar-refractivity contribution in [2.24, 2.45) is 0 Å². The van der Waals surface area contributed by atoms with E-state index in [1.165, 1.54) is 11.8 Å². The van der Waals surface area contributed by atoms with Gasteiger partial charge in [-0.1, -0.05) is 18.7 Å². The molecular weight excluding hydrogens is 324 g/mol. The largest absolute Gasteiger partial charge is 0.497 e. The molecule has 7 heteroatoms. The predicted molar refractivity (Wildman–Crippen MR) is 96.3 cm³/mol. The fraction of sp³-hybridized carbons (Fsp3) is 0.471. The van der Waals surface area contributed by atoms with Crippen LogP contribution in [0.15, 0.2) is 29.4 Å². The molecule has 0 fully saturated rings. The van der Waals surface area contributed by atoms with Crippen molar-refractivity contribution in [1.29, 1.82) is 0 Å². The van der Waals surface area contributed by atoms with E-state index in [0.29, 0.717) is 6.54 Å². The first-order valence-corrected chi connectivity index (χ1v) is 9.00. The first-order chi connectivity index (χ1) is 11.6. The summed E-state index contributed by atoms with van der Waals surface area (Å²) in [4.78, 5) is 12.0. The number of amides is 1. The van der Waals surface area contributed by atoms with Gasteiger partial charge in [0.2, 0.25) is 5.91 Å². The fourth-order valence-corrected chi connectivity index (χ4v) is 3.16. The van der Waals surface area contributed by atoms with Crippen LogP contribution in [0, 0.1) is 0 Å². The van der Waals surface area contributed by atoms with Gasteiger partial charge < -0.3 is 14.6 Å². The summed E-state index contributed by atoms with van der Waals surface area (Å²) >= 11 is 1.43. The van der Waals surface area contributed by atoms with Crippen molar-refractivity contribution >= 4 is 17.7 Å². The highest BCUT2D eigenvalue weighted by molar-refractivity contribution is 8.00. The van der Waals surface area contributed by atoms with Crippen LogP contribution in [-0.4, -0.2) is 39.6 Å². The van der Waals surface area contributed by atoms with Crippen molar-refractivity contribution < 1.29 is 9.53 Å². The van der Waals surface area contributed by atoms with Crippen LogP contribution in [0.2, 0.25) is 0 Å². The molecule has 0 aliphatic carbocycles. The zero-order chi connectivity index (χ0) is 17.5. The van der Waals surface area contributed by atoms with Crippen molar-refractivity contribution in [1.82, 2.24) is 20.1 Å². The molecule has 0 radical (unpaired) electrons. The van der Waals surface area contributed by atoms with Gasteiger partial charge in [-0.05, 0) is 44.5 Å². The van der Waals surface area contributed by atoms with Crippen molar-refractivity contribution in [3.8, 4) is 17.1 Å². The Morgan fingerprint density at radius 3 is 2.58 bits per heavy atom. The topological polar surface area (TPSA) is 69.0 Å². The van der Waals surface area contributed by atoms with E-state index >= 15 is 0 Å². The van der Waals surface area contributed by atoms with Gasteiger partial charge in [0.25, 0.3) is 0 Å². The average Bonchev–Trinajstić information content (AvgIpc) is 3.02. The van der Waals surface area contributed by atoms with Gasteiger partial charge in [-0.15, -0.1) is 10.2 Å². The maximum Gasteiger partial charge on any atom is 0.233 e. The second-order valence-corrected chi connectivity index (χ2v) is 6.64. The number of methoxy groups -OCH3 is 1. The van der Waals surface area contributed by atoms with E-state index in [4.69, 9.17) is 4.74 Å². The van der Waals surface area contributed by atoms with Crippen LogP contribution in [0.5, 0.6) is 5.75 Å². The Hall–Kier alpha value is -2.02. The number of nitrogens with zero attached hydrogens (tertiary/aromatic N) is 3. The lowest BCUT2D eigenvalue weighted by Gasteiger charge is -2.12. The van der Waals surface area contributed by atoms with Gasteiger partial charge in [0.15, 0.2) is 11.0 Å². The predicted octanol–water partition coefficient (Wildman–Crippen LogP) is 2.98. The third kappa shape index (κ3) is 4.29. The SMILES string of the molecule is CCCNC(=O)C(C)Sc1nnc(-c2ccc(OC)cc2)n1CC. The van der Waals surface area contributed by atoms with Gasteiger partial charge in [-0.2, -0.15) is 0 Å². The van der Waals surface area contributed by atoms with Gasteiger partial charge >= 0.3 is 0 Å². The van der Waals surface area contributed by atoms with Gasteiger partial charge in [0.05, 0.1) is 12.4 Å². The van der Waals surface area contributed by atoms with Crippen LogP contribution in [0.3, 0.4) is 0 Å². The van der Waals surface area contributed by atoms with Gasteiger partial charge in [-0.3, -0.25) is 4.79 Å². The highest BCUT2D eigenvalue weighted by atomic mass is 32.2. The van der Waals surface area contributed by atoms with Gasteiger partial charge in [0.1, 0.15) is 5.75 Å². The van der Waals surface area contributed by atoms with Crippen LogP contribution >= 0.6 is 11.8 Å². The van der Waals surface area contributed by atoms with Crippen LogP contribution in [-0.2, 0) is 11.3 Å². The first kappa shape index (κ1) is 18.3. The summed E-state index contributed by atoms with van der Waals surface area (Å²) in [5.74, 6) is 1.62. The molecule has 0 spiro atoms. The molecular formula is C17H24N4O2S. The van der Waals surface area contributed by atoms with E-state index in [-0.39, 0.29) is 11.2 Å². The molecule has 1 unspecified atom stereocenters. The summed E-state index contributed by atoms with van der Waals surface area (Å²) in [5.41, 5.74) is 0.972. The van der Waals surface area contributed by atoms with E-state index < -0.39 is 0 Å². The van der Waals surface area contributed by atoms with Crippen LogP contribution in [0.1, 0.15) is 27.2 Å². The van der Waals surface area contributed by atoms with Crippen molar-refractivity contribution in [2.45, 2.75) is 44.1 Å². The summed E-state index contributed by atoms with van der Waals surface area (Å²) in [6.07, 6.45) is 0.926. The Balaban J connectivity index is 2.17. The Labute approximate surface area is 147 Å². The molecule has 6 nitrogen and oxygen atoms in total. The third-order valence-electron chi connectivity index (χ3n) is 3.58. The second kappa shape index (κ2) is 8.73. The summed E-state index contributed by atoms with van der Waals surface area (Å²) < 4.78 is 7.21. The normalized spacial score (nSPS) is 12.0. The molecule has 0 aliphatic rings. The number of aromatic nitrogens is 3. The number of hydrogen-bond acceptors (Lipinski definition) is 5. The minimum Gasteiger partial charge on any atom is -0.497 e. The smallest absolute Gasteiger partial charge is 0.233 e. The van der Waals surface area contributed by atoms with Gasteiger partial charge in [0, 0.05) is 18.7 Å². The molecule has 0 saturated heterocycles. The lowest BCUT2D eigenvalue weighted by molar-refractivity contribution is -0.120. The maximum atomic E-state index is 12.0. The molecule has 0 aliphatic heterocycles. The second-order valence-electron chi connectivity index (χ2n) is 5.33. The fourth-order valence-electron chi connectivity index (χ4n) is 2.22. The number of nitrogens with one attached hydrogen (secondary N) is 1. The average molecular weight is 348 g/mol. The van der Waals surface area contributed by atoms with Crippen molar-refractivity contribution in [2.75, 3.05) is 13.7 Å². The highest BCUT2D eigenvalue weighted by Gasteiger charge is 2.19. The lowest BCUT2D eigenvalue weighted by Crippen LogP contribution is -2.31. The standard InChI is InChI=1S/C17H24N4O2S/c1-5-11-18-16(22)12(3)24-17-20-19-15(21(17)6-2)13-7-9-14(23-4)10-8-13/h7-10,12H,5-6,11H2,1-4H3,(H,18,22). The molecule has 1 amide bonds. The molecule has 1 N–H and O–H groups in total. The Bertz CT molecular complexity index is 670. The molecule has 1 heterocycles. The Morgan fingerprint density at radius 1 is 1.29 bits per heavy atom. The zero-order valence-electron chi connectivity index (χ0n) is 14.6. The van der Waals surface area contributed by atoms with Gasteiger partial charge in [-0.25, -0.2) is 0 Å². The van der Waals surface area contributed by atoms with E-state index in [0.717, 1.165) is 35.3 Å². The zero-order valence-corrected chi connectivity index (χ0v) is 15.4. The molecule has 24 heavy (non-hydrogen) atoms. The summed E-state index contributed by atoms with van der Waals surface area (Å²) in [6, 6.07) is 7.72. The molecule has 0 saturated carbocycles. The number of carbonyl (C=O) groups is 1. The number of carbonyl (C=O) groups excluding carboxylic acids is 1. The van der Waals surface area contributed by atoms with Crippen molar-refractivity contribution in [3.63, 3.8) is 0 Å². The number of rotatable bonds is 8. The summed E-state index contributed by atoms with van der Waals surface area (Å²) in [5, 5.41) is 12.0. The molecule has 1 atom stereocenters. The molecule has 0 bridgehead atoms. The van der Waals surface area contributed by atoms with E-state index in [2.05, 4.69) is 15.5 Å². The molecule has 2 aromatic rings. The lowest BCUT2D eigenvalue weighted by atomic mass is 10.2. The van der Waals surface area contributed by atoms with Crippen LogP contribution in [0.4, 0.5) is 0 Å². The molecule has 1 aromatic heterocycles. The third-order valence-corrected chi connectivity index (χ3v) is 4.66.